The van der Waals surface area contributed by atoms with Gasteiger partial charge in [0.15, 0.2) is 0 Å². The van der Waals surface area contributed by atoms with Crippen molar-refractivity contribution in [3.8, 4) is 0 Å². The minimum atomic E-state index is -0.620. The second-order valence-corrected chi connectivity index (χ2v) is 8.94. The number of thiazole rings is 1. The first kappa shape index (κ1) is 20.0. The summed E-state index contributed by atoms with van der Waals surface area (Å²) in [5.41, 5.74) is 1.64. The van der Waals surface area contributed by atoms with Crippen molar-refractivity contribution >= 4 is 17.2 Å². The lowest BCUT2D eigenvalue weighted by atomic mass is 9.87. The molecule has 0 saturated carbocycles. The van der Waals surface area contributed by atoms with Crippen molar-refractivity contribution in [1.82, 2.24) is 9.88 Å². The summed E-state index contributed by atoms with van der Waals surface area (Å²) in [7, 11) is 0. The van der Waals surface area contributed by atoms with Gasteiger partial charge in [0.1, 0.15) is 10.7 Å². The van der Waals surface area contributed by atoms with E-state index < -0.39 is 6.10 Å². The Hall–Kier alpha value is -1.79. The number of aromatic nitrogens is 1. The molecule has 1 N–H and O–H groups in total. The summed E-state index contributed by atoms with van der Waals surface area (Å²) in [5.74, 6) is 0.293. The highest BCUT2D eigenvalue weighted by atomic mass is 32.1. The van der Waals surface area contributed by atoms with E-state index in [4.69, 9.17) is 0 Å². The molecule has 27 heavy (non-hydrogen) atoms. The molecular weight excluding hydrogens is 363 g/mol. The Balaban J connectivity index is 1.63. The maximum atomic E-state index is 13.1. The van der Waals surface area contributed by atoms with E-state index in [2.05, 4.69) is 18.8 Å². The van der Waals surface area contributed by atoms with Crippen molar-refractivity contribution in [3.63, 3.8) is 0 Å². The van der Waals surface area contributed by atoms with E-state index in [-0.39, 0.29) is 17.6 Å². The molecule has 2 heterocycles. The average Bonchev–Trinajstić information content (AvgIpc) is 3.00. The molecule has 1 amide bonds. The maximum Gasteiger partial charge on any atom is 0.265 e. The average molecular weight is 391 g/mol. The first-order chi connectivity index (χ1) is 12.8. The molecule has 1 aliphatic heterocycles. The van der Waals surface area contributed by atoms with Crippen LogP contribution in [-0.2, 0) is 6.42 Å². The predicted molar refractivity (Wildman–Crippen MR) is 105 cm³/mol. The van der Waals surface area contributed by atoms with Crippen molar-refractivity contribution in [2.75, 3.05) is 13.1 Å². The summed E-state index contributed by atoms with van der Waals surface area (Å²) in [6, 6.07) is 6.02. The van der Waals surface area contributed by atoms with E-state index in [1.54, 1.807) is 12.1 Å². The Morgan fingerprint density at radius 1 is 1.30 bits per heavy atom. The van der Waals surface area contributed by atoms with Gasteiger partial charge in [-0.15, -0.1) is 11.3 Å². The van der Waals surface area contributed by atoms with Crippen molar-refractivity contribution in [2.45, 2.75) is 46.1 Å². The number of amides is 1. The number of aliphatic hydroxyl groups is 1. The van der Waals surface area contributed by atoms with Crippen LogP contribution in [0.3, 0.4) is 0 Å². The van der Waals surface area contributed by atoms with Gasteiger partial charge in [-0.05, 0) is 55.7 Å². The van der Waals surface area contributed by atoms with Crippen molar-refractivity contribution < 1.29 is 14.3 Å². The molecule has 1 aromatic heterocycles. The molecule has 0 radical (unpaired) electrons. The highest BCUT2D eigenvalue weighted by Gasteiger charge is 2.30. The quantitative estimate of drug-likeness (QED) is 0.825. The van der Waals surface area contributed by atoms with Gasteiger partial charge in [0.2, 0.25) is 0 Å². The van der Waals surface area contributed by atoms with Crippen LogP contribution in [0.4, 0.5) is 4.39 Å². The molecule has 1 fully saturated rings. The Labute approximate surface area is 164 Å². The normalized spacial score (nSPS) is 16.7. The zero-order chi connectivity index (χ0) is 19.6. The van der Waals surface area contributed by atoms with Crippen LogP contribution in [0.1, 0.15) is 58.7 Å². The fourth-order valence-electron chi connectivity index (χ4n) is 3.66. The molecule has 3 rings (SSSR count). The Bertz CT molecular complexity index is 780. The molecular formula is C21H27FN2O2S. The highest BCUT2D eigenvalue weighted by Crippen LogP contribution is 2.32. The van der Waals surface area contributed by atoms with Gasteiger partial charge in [-0.25, -0.2) is 9.37 Å². The summed E-state index contributed by atoms with van der Waals surface area (Å²) in [6.45, 7) is 7.45. The number of aryl methyl sites for hydroxylation is 1. The number of halogens is 1. The molecule has 0 aliphatic carbocycles. The lowest BCUT2D eigenvalue weighted by molar-refractivity contribution is 0.0464. The van der Waals surface area contributed by atoms with Crippen molar-refractivity contribution in [1.29, 1.82) is 0 Å². The van der Waals surface area contributed by atoms with E-state index in [0.29, 0.717) is 19.0 Å². The SMILES string of the molecule is Cc1nc(CC(C)C)c(C(=O)N2CCC(C(O)c3ccc(F)cc3)CC2)s1. The van der Waals surface area contributed by atoms with Gasteiger partial charge < -0.3 is 10.0 Å². The summed E-state index contributed by atoms with van der Waals surface area (Å²) in [4.78, 5) is 20.2. The fourth-order valence-corrected chi connectivity index (χ4v) is 4.57. The third-order valence-electron chi connectivity index (χ3n) is 5.08. The first-order valence-corrected chi connectivity index (χ1v) is 10.4. The molecule has 1 aromatic carbocycles. The third-order valence-corrected chi connectivity index (χ3v) is 6.09. The van der Waals surface area contributed by atoms with E-state index >= 15 is 0 Å². The second kappa shape index (κ2) is 8.48. The molecule has 0 spiro atoms. The fraction of sp³-hybridized carbons (Fsp3) is 0.524. The molecule has 1 saturated heterocycles. The second-order valence-electron chi connectivity index (χ2n) is 7.73. The topological polar surface area (TPSA) is 53.4 Å². The molecule has 146 valence electrons. The Morgan fingerprint density at radius 2 is 1.93 bits per heavy atom. The molecule has 2 aromatic rings. The minimum Gasteiger partial charge on any atom is -0.388 e. The molecule has 4 nitrogen and oxygen atoms in total. The largest absolute Gasteiger partial charge is 0.388 e. The Kier molecular flexibility index (Phi) is 6.27. The van der Waals surface area contributed by atoms with Crippen LogP contribution in [0, 0.1) is 24.6 Å². The summed E-state index contributed by atoms with van der Waals surface area (Å²) >= 11 is 1.48. The number of carbonyl (C=O) groups is 1. The summed E-state index contributed by atoms with van der Waals surface area (Å²) in [5, 5.41) is 11.5. The van der Waals surface area contributed by atoms with Gasteiger partial charge in [0, 0.05) is 13.1 Å². The van der Waals surface area contributed by atoms with E-state index in [9.17, 15) is 14.3 Å². The van der Waals surface area contributed by atoms with Gasteiger partial charge in [-0.2, -0.15) is 0 Å². The number of piperidine rings is 1. The van der Waals surface area contributed by atoms with E-state index in [1.807, 2.05) is 11.8 Å². The van der Waals surface area contributed by atoms with Gasteiger partial charge in [0.05, 0.1) is 16.8 Å². The van der Waals surface area contributed by atoms with Crippen LogP contribution < -0.4 is 0 Å². The van der Waals surface area contributed by atoms with Crippen LogP contribution in [0.5, 0.6) is 0 Å². The van der Waals surface area contributed by atoms with Gasteiger partial charge in [-0.1, -0.05) is 26.0 Å². The summed E-state index contributed by atoms with van der Waals surface area (Å²) in [6.07, 6.45) is 1.67. The smallest absolute Gasteiger partial charge is 0.265 e. The number of hydrogen-bond acceptors (Lipinski definition) is 4. The number of likely N-dealkylation sites (tertiary alicyclic amines) is 1. The minimum absolute atomic E-state index is 0.0611. The number of hydrogen-bond donors (Lipinski definition) is 1. The van der Waals surface area contributed by atoms with Gasteiger partial charge in [-0.3, -0.25) is 4.79 Å². The third kappa shape index (κ3) is 4.74. The standard InChI is InChI=1S/C21H27FN2O2S/c1-13(2)12-18-20(27-14(3)23-18)21(26)24-10-8-16(9-11-24)19(25)15-4-6-17(22)7-5-15/h4-7,13,16,19,25H,8-12H2,1-3H3. The van der Waals surface area contributed by atoms with Crippen LogP contribution in [-0.4, -0.2) is 34.0 Å². The molecule has 0 bridgehead atoms. The van der Waals surface area contributed by atoms with Gasteiger partial charge in [0.25, 0.3) is 5.91 Å². The van der Waals surface area contributed by atoms with E-state index in [0.717, 1.165) is 40.4 Å². The van der Waals surface area contributed by atoms with Gasteiger partial charge >= 0.3 is 0 Å². The van der Waals surface area contributed by atoms with Crippen LogP contribution in [0.25, 0.3) is 0 Å². The zero-order valence-corrected chi connectivity index (χ0v) is 16.9. The predicted octanol–water partition coefficient (Wildman–Crippen LogP) is 4.37. The van der Waals surface area contributed by atoms with Crippen LogP contribution >= 0.6 is 11.3 Å². The molecule has 6 heteroatoms. The number of carbonyl (C=O) groups excluding carboxylic acids is 1. The highest BCUT2D eigenvalue weighted by molar-refractivity contribution is 7.13. The lowest BCUT2D eigenvalue weighted by Crippen LogP contribution is -2.39. The number of rotatable bonds is 5. The molecule has 1 atom stereocenters. The van der Waals surface area contributed by atoms with E-state index in [1.165, 1.54) is 23.5 Å². The van der Waals surface area contributed by atoms with Crippen molar-refractivity contribution in [2.24, 2.45) is 11.8 Å². The van der Waals surface area contributed by atoms with Crippen LogP contribution in [0.2, 0.25) is 0 Å². The summed E-state index contributed by atoms with van der Waals surface area (Å²) < 4.78 is 13.1. The number of benzene rings is 1. The van der Waals surface area contributed by atoms with Crippen LogP contribution in [0.15, 0.2) is 24.3 Å². The zero-order valence-electron chi connectivity index (χ0n) is 16.1. The number of aliphatic hydroxyl groups excluding tert-OH is 1. The first-order valence-electron chi connectivity index (χ1n) is 9.54. The number of nitrogens with zero attached hydrogens (tertiary/aromatic N) is 2. The molecule has 1 aliphatic rings. The maximum absolute atomic E-state index is 13.1. The Morgan fingerprint density at radius 3 is 2.52 bits per heavy atom. The lowest BCUT2D eigenvalue weighted by Gasteiger charge is -2.34. The van der Waals surface area contributed by atoms with Crippen molar-refractivity contribution in [3.05, 3.63) is 51.2 Å². The monoisotopic (exact) mass is 390 g/mol. The molecule has 1 unspecified atom stereocenters.